The number of piperidine rings is 1. The van der Waals surface area contributed by atoms with E-state index in [0.29, 0.717) is 19.7 Å². The lowest BCUT2D eigenvalue weighted by molar-refractivity contribution is -0.133. The van der Waals surface area contributed by atoms with Gasteiger partial charge in [0.05, 0.1) is 17.1 Å². The van der Waals surface area contributed by atoms with Crippen LogP contribution in [0, 0.1) is 0 Å². The second-order valence-electron chi connectivity index (χ2n) is 11.9. The second kappa shape index (κ2) is 13.2. The number of carbonyl (C=O) groups is 2. The van der Waals surface area contributed by atoms with Crippen LogP contribution in [0.5, 0.6) is 0 Å². The number of nitrogens with two attached hydrogens (primary N) is 1. The lowest BCUT2D eigenvalue weighted by Gasteiger charge is -2.36. The quantitative estimate of drug-likeness (QED) is 0.228. The van der Waals surface area contributed by atoms with Crippen LogP contribution in [0.3, 0.4) is 0 Å². The minimum Gasteiger partial charge on any atom is -0.465 e. The number of hydrogen-bond donors (Lipinski definition) is 2. The standard InChI is InChI=1S/C35H41N5O4/c1-44-19-9-18-39-32-16-7-6-15-31(32)37-34(39)24-10-8-17-38(22-24)33(41)20-25(21-36)40(35(42)43)23-30-28-13-4-2-11-26(28)27-12-3-5-14-29(27)30/h2-7,11-16,24-25,30H,8-10,17-23,36H2,1H3,(H,42,43)/t24-,25+/m1/s1. The van der Waals surface area contributed by atoms with E-state index >= 15 is 0 Å². The number of benzene rings is 3. The Morgan fingerprint density at radius 1 is 1.05 bits per heavy atom. The van der Waals surface area contributed by atoms with E-state index in [2.05, 4.69) is 34.9 Å². The molecule has 6 rings (SSSR count). The number of ether oxygens (including phenoxy) is 1. The normalized spacial score (nSPS) is 17.0. The van der Waals surface area contributed by atoms with Gasteiger partial charge < -0.3 is 29.9 Å². The van der Waals surface area contributed by atoms with Gasteiger partial charge in [0.25, 0.3) is 0 Å². The van der Waals surface area contributed by atoms with Crippen molar-refractivity contribution in [3.63, 3.8) is 0 Å². The summed E-state index contributed by atoms with van der Waals surface area (Å²) in [6.07, 6.45) is 1.67. The van der Waals surface area contributed by atoms with Crippen LogP contribution in [0.1, 0.15) is 54.5 Å². The van der Waals surface area contributed by atoms with Gasteiger partial charge in [-0.15, -0.1) is 0 Å². The number of aryl methyl sites for hydroxylation is 1. The first-order chi connectivity index (χ1) is 21.5. The van der Waals surface area contributed by atoms with E-state index in [4.69, 9.17) is 15.5 Å². The van der Waals surface area contributed by atoms with E-state index in [1.54, 1.807) is 7.11 Å². The summed E-state index contributed by atoms with van der Waals surface area (Å²) in [6.45, 7) is 2.98. The zero-order valence-electron chi connectivity index (χ0n) is 25.3. The van der Waals surface area contributed by atoms with Crippen LogP contribution in [0.4, 0.5) is 4.79 Å². The van der Waals surface area contributed by atoms with Crippen LogP contribution in [0.25, 0.3) is 22.2 Å². The number of para-hydroxylation sites is 2. The van der Waals surface area contributed by atoms with Crippen molar-refractivity contribution in [1.29, 1.82) is 0 Å². The average Bonchev–Trinajstić information content (AvgIpc) is 3.58. The second-order valence-corrected chi connectivity index (χ2v) is 11.9. The fraction of sp³-hybridized carbons (Fsp3) is 0.400. The molecule has 3 N–H and O–H groups in total. The van der Waals surface area contributed by atoms with Gasteiger partial charge in [0.15, 0.2) is 0 Å². The highest BCUT2D eigenvalue weighted by Gasteiger charge is 2.35. The van der Waals surface area contributed by atoms with Gasteiger partial charge in [-0.05, 0) is 53.6 Å². The molecule has 1 saturated heterocycles. The van der Waals surface area contributed by atoms with Crippen LogP contribution in [0.15, 0.2) is 72.8 Å². The maximum atomic E-state index is 13.8. The van der Waals surface area contributed by atoms with E-state index in [-0.39, 0.29) is 37.3 Å². The van der Waals surface area contributed by atoms with Crippen molar-refractivity contribution in [2.45, 2.75) is 50.1 Å². The highest BCUT2D eigenvalue weighted by atomic mass is 16.5. The number of carbonyl (C=O) groups excluding carboxylic acids is 1. The number of rotatable bonds is 11. The molecule has 0 spiro atoms. The molecule has 9 heteroatoms. The molecule has 230 valence electrons. The number of imidazole rings is 1. The van der Waals surface area contributed by atoms with E-state index in [0.717, 1.165) is 64.9 Å². The Balaban J connectivity index is 1.19. The minimum atomic E-state index is -1.06. The molecule has 1 aromatic heterocycles. The predicted octanol–water partition coefficient (Wildman–Crippen LogP) is 5.29. The predicted molar refractivity (Wildman–Crippen MR) is 171 cm³/mol. The van der Waals surface area contributed by atoms with Crippen molar-refractivity contribution < 1.29 is 19.4 Å². The van der Waals surface area contributed by atoms with Crippen LogP contribution < -0.4 is 5.73 Å². The van der Waals surface area contributed by atoms with Gasteiger partial charge in [-0.25, -0.2) is 9.78 Å². The highest BCUT2D eigenvalue weighted by Crippen LogP contribution is 2.45. The Bertz CT molecular complexity index is 1590. The molecule has 3 aromatic carbocycles. The molecule has 44 heavy (non-hydrogen) atoms. The van der Waals surface area contributed by atoms with Gasteiger partial charge in [-0.2, -0.15) is 0 Å². The Labute approximate surface area is 258 Å². The number of carboxylic acid groups (broad SMARTS) is 1. The molecule has 0 saturated carbocycles. The number of likely N-dealkylation sites (tertiary alicyclic amines) is 1. The first-order valence-electron chi connectivity index (χ1n) is 15.6. The molecule has 1 fully saturated rings. The fourth-order valence-electron chi connectivity index (χ4n) is 7.11. The van der Waals surface area contributed by atoms with Crippen molar-refractivity contribution in [2.75, 3.05) is 39.9 Å². The third-order valence-corrected chi connectivity index (χ3v) is 9.26. The number of amides is 2. The molecular weight excluding hydrogens is 554 g/mol. The zero-order valence-corrected chi connectivity index (χ0v) is 25.3. The zero-order chi connectivity index (χ0) is 30.6. The molecule has 0 radical (unpaired) electrons. The van der Waals surface area contributed by atoms with Crippen LogP contribution in [0.2, 0.25) is 0 Å². The lowest BCUT2D eigenvalue weighted by atomic mass is 9.95. The maximum Gasteiger partial charge on any atom is 0.407 e. The van der Waals surface area contributed by atoms with Crippen LogP contribution in [-0.2, 0) is 16.1 Å². The summed E-state index contributed by atoms with van der Waals surface area (Å²) in [7, 11) is 1.71. The third kappa shape index (κ3) is 5.81. The van der Waals surface area contributed by atoms with Crippen LogP contribution >= 0.6 is 0 Å². The molecule has 0 bridgehead atoms. The highest BCUT2D eigenvalue weighted by molar-refractivity contribution is 5.80. The van der Waals surface area contributed by atoms with Crippen molar-refractivity contribution >= 4 is 23.0 Å². The summed E-state index contributed by atoms with van der Waals surface area (Å²) in [6, 6.07) is 23.8. The van der Waals surface area contributed by atoms with Gasteiger partial charge in [0.1, 0.15) is 5.82 Å². The number of nitrogens with zero attached hydrogens (tertiary/aromatic N) is 4. The van der Waals surface area contributed by atoms with Crippen LogP contribution in [-0.4, -0.2) is 82.4 Å². The van der Waals surface area contributed by atoms with Crippen molar-refractivity contribution in [1.82, 2.24) is 19.4 Å². The molecule has 1 aliphatic carbocycles. The Morgan fingerprint density at radius 2 is 1.73 bits per heavy atom. The molecule has 1 aliphatic heterocycles. The van der Waals surface area contributed by atoms with Gasteiger partial charge in [-0.1, -0.05) is 60.7 Å². The summed E-state index contributed by atoms with van der Waals surface area (Å²) in [4.78, 5) is 34.7. The minimum absolute atomic E-state index is 0.0514. The molecule has 2 amide bonds. The number of methoxy groups -OCH3 is 1. The molecule has 2 aliphatic rings. The van der Waals surface area contributed by atoms with Gasteiger partial charge in [-0.3, -0.25) is 4.79 Å². The Kier molecular flexibility index (Phi) is 8.95. The molecule has 4 aromatic rings. The molecule has 2 heterocycles. The van der Waals surface area contributed by atoms with Gasteiger partial charge >= 0.3 is 6.09 Å². The first kappa shape index (κ1) is 29.8. The van der Waals surface area contributed by atoms with Gasteiger partial charge in [0.2, 0.25) is 5.91 Å². The largest absolute Gasteiger partial charge is 0.465 e. The van der Waals surface area contributed by atoms with E-state index in [9.17, 15) is 14.7 Å². The lowest BCUT2D eigenvalue weighted by Crippen LogP contribution is -2.49. The molecule has 0 unspecified atom stereocenters. The van der Waals surface area contributed by atoms with Crippen molar-refractivity contribution in [3.05, 3.63) is 89.7 Å². The fourth-order valence-corrected chi connectivity index (χ4v) is 7.11. The monoisotopic (exact) mass is 595 g/mol. The Morgan fingerprint density at radius 3 is 2.41 bits per heavy atom. The first-order valence-corrected chi connectivity index (χ1v) is 15.6. The number of hydrogen-bond acceptors (Lipinski definition) is 5. The molecule has 9 nitrogen and oxygen atoms in total. The average molecular weight is 596 g/mol. The molecular formula is C35H41N5O4. The summed E-state index contributed by atoms with van der Waals surface area (Å²) in [5, 5.41) is 10.4. The maximum absolute atomic E-state index is 13.8. The van der Waals surface area contributed by atoms with E-state index in [1.165, 1.54) is 4.90 Å². The van der Waals surface area contributed by atoms with Gasteiger partial charge in [0, 0.05) is 64.7 Å². The molecule has 2 atom stereocenters. The summed E-state index contributed by atoms with van der Waals surface area (Å²) < 4.78 is 7.58. The Hall–Kier alpha value is -4.21. The van der Waals surface area contributed by atoms with E-state index < -0.39 is 12.1 Å². The number of fused-ring (bicyclic) bond motifs is 4. The van der Waals surface area contributed by atoms with E-state index in [1.807, 2.05) is 47.4 Å². The third-order valence-electron chi connectivity index (χ3n) is 9.26. The number of aromatic nitrogens is 2. The summed E-state index contributed by atoms with van der Waals surface area (Å²) in [5.41, 5.74) is 12.7. The smallest absolute Gasteiger partial charge is 0.407 e. The summed E-state index contributed by atoms with van der Waals surface area (Å²) >= 11 is 0. The topological polar surface area (TPSA) is 114 Å². The summed E-state index contributed by atoms with van der Waals surface area (Å²) in [5.74, 6) is 0.917. The van der Waals surface area contributed by atoms with Crippen molar-refractivity contribution in [2.24, 2.45) is 5.73 Å². The van der Waals surface area contributed by atoms with Crippen molar-refractivity contribution in [3.8, 4) is 11.1 Å². The SMILES string of the molecule is COCCCn1c([C@@H]2CCCN(C(=O)C[C@@H](CN)N(CC3c4ccccc4-c4ccccc43)C(=O)O)C2)nc2ccccc21.